The first-order chi connectivity index (χ1) is 12.6. The fourth-order valence-electron chi connectivity index (χ4n) is 2.50. The van der Waals surface area contributed by atoms with Gasteiger partial charge in [-0.1, -0.05) is 29.3 Å². The van der Waals surface area contributed by atoms with Crippen LogP contribution in [0, 0.1) is 0 Å². The van der Waals surface area contributed by atoms with Crippen molar-refractivity contribution < 1.29 is 9.21 Å². The van der Waals surface area contributed by atoms with E-state index in [1.807, 2.05) is 6.07 Å². The third-order valence-electron chi connectivity index (χ3n) is 3.73. The van der Waals surface area contributed by atoms with Crippen molar-refractivity contribution in [1.29, 1.82) is 0 Å². The summed E-state index contributed by atoms with van der Waals surface area (Å²) in [4.78, 5) is 20.9. The molecular formula is C19H11Cl2N3O2. The summed E-state index contributed by atoms with van der Waals surface area (Å²) in [5, 5.41) is 3.57. The molecule has 4 rings (SSSR count). The average molecular weight is 384 g/mol. The van der Waals surface area contributed by atoms with Gasteiger partial charge in [-0.05, 0) is 36.4 Å². The van der Waals surface area contributed by atoms with Crippen LogP contribution < -0.4 is 5.32 Å². The second-order valence-electron chi connectivity index (χ2n) is 5.52. The molecule has 0 saturated carbocycles. The summed E-state index contributed by atoms with van der Waals surface area (Å²) < 4.78 is 5.73. The van der Waals surface area contributed by atoms with Gasteiger partial charge >= 0.3 is 0 Å². The lowest BCUT2D eigenvalue weighted by molar-refractivity contribution is 0.102. The van der Waals surface area contributed by atoms with Crippen molar-refractivity contribution in [2.75, 3.05) is 5.32 Å². The maximum absolute atomic E-state index is 12.5. The lowest BCUT2D eigenvalue weighted by Gasteiger charge is -2.08. The fourth-order valence-corrected chi connectivity index (χ4v) is 2.88. The van der Waals surface area contributed by atoms with E-state index in [0.29, 0.717) is 38.3 Å². The Kier molecular flexibility index (Phi) is 4.32. The molecule has 7 heteroatoms. The molecule has 0 aliphatic carbocycles. The number of rotatable bonds is 3. The van der Waals surface area contributed by atoms with Gasteiger partial charge in [0.15, 0.2) is 5.58 Å². The van der Waals surface area contributed by atoms with Crippen LogP contribution in [0.15, 0.2) is 65.3 Å². The third-order valence-corrected chi connectivity index (χ3v) is 4.29. The molecule has 0 aliphatic rings. The van der Waals surface area contributed by atoms with Crippen LogP contribution in [0.4, 0.5) is 5.69 Å². The van der Waals surface area contributed by atoms with E-state index in [1.54, 1.807) is 48.8 Å². The zero-order chi connectivity index (χ0) is 18.1. The largest absolute Gasteiger partial charge is 0.436 e. The van der Waals surface area contributed by atoms with Crippen molar-refractivity contribution in [3.05, 3.63) is 76.5 Å². The van der Waals surface area contributed by atoms with Gasteiger partial charge in [0.05, 0.1) is 16.8 Å². The highest BCUT2D eigenvalue weighted by atomic mass is 35.5. The molecule has 26 heavy (non-hydrogen) atoms. The molecule has 0 atom stereocenters. The van der Waals surface area contributed by atoms with E-state index in [-0.39, 0.29) is 5.91 Å². The topological polar surface area (TPSA) is 68.0 Å². The summed E-state index contributed by atoms with van der Waals surface area (Å²) >= 11 is 12.0. The van der Waals surface area contributed by atoms with Gasteiger partial charge in [0.2, 0.25) is 5.89 Å². The number of carbonyl (C=O) groups excluding carboxylic acids is 1. The van der Waals surface area contributed by atoms with E-state index in [0.717, 1.165) is 5.56 Å². The molecule has 4 aromatic rings. The van der Waals surface area contributed by atoms with Gasteiger partial charge in [0, 0.05) is 28.5 Å². The molecule has 128 valence electrons. The second-order valence-corrected chi connectivity index (χ2v) is 6.37. The van der Waals surface area contributed by atoms with Crippen molar-refractivity contribution >= 4 is 45.9 Å². The van der Waals surface area contributed by atoms with E-state index in [2.05, 4.69) is 15.3 Å². The standard InChI is InChI=1S/C19H11Cl2N3O2/c20-12-4-5-15(21)14(9-12)18(25)23-13-3-1-2-11(8-13)19-24-16-10-22-7-6-17(16)26-19/h1-10H,(H,23,25). The quantitative estimate of drug-likeness (QED) is 0.510. The number of aromatic nitrogens is 2. The third kappa shape index (κ3) is 3.27. The summed E-state index contributed by atoms with van der Waals surface area (Å²) in [6.45, 7) is 0. The van der Waals surface area contributed by atoms with E-state index >= 15 is 0 Å². The van der Waals surface area contributed by atoms with Gasteiger partial charge in [0.1, 0.15) is 5.52 Å². The predicted octanol–water partition coefficient (Wildman–Crippen LogP) is 5.45. The monoisotopic (exact) mass is 383 g/mol. The van der Waals surface area contributed by atoms with Crippen LogP contribution in [-0.2, 0) is 0 Å². The molecule has 0 radical (unpaired) electrons. The number of pyridine rings is 1. The Morgan fingerprint density at radius 3 is 2.81 bits per heavy atom. The molecule has 1 amide bonds. The highest BCUT2D eigenvalue weighted by Gasteiger charge is 2.13. The fraction of sp³-hybridized carbons (Fsp3) is 0. The zero-order valence-electron chi connectivity index (χ0n) is 13.2. The van der Waals surface area contributed by atoms with Crippen LogP contribution in [-0.4, -0.2) is 15.9 Å². The number of hydrogen-bond donors (Lipinski definition) is 1. The minimum atomic E-state index is -0.351. The van der Waals surface area contributed by atoms with E-state index < -0.39 is 0 Å². The number of amides is 1. The van der Waals surface area contributed by atoms with Crippen LogP contribution >= 0.6 is 23.2 Å². The number of anilines is 1. The molecule has 0 aliphatic heterocycles. The van der Waals surface area contributed by atoms with Gasteiger partial charge < -0.3 is 9.73 Å². The normalized spacial score (nSPS) is 10.8. The van der Waals surface area contributed by atoms with E-state index in [1.165, 1.54) is 6.07 Å². The second kappa shape index (κ2) is 6.78. The molecule has 1 N–H and O–H groups in total. The molecule has 2 aromatic heterocycles. The number of nitrogens with zero attached hydrogens (tertiary/aromatic N) is 2. The Morgan fingerprint density at radius 1 is 1.08 bits per heavy atom. The van der Waals surface area contributed by atoms with E-state index in [9.17, 15) is 4.79 Å². The van der Waals surface area contributed by atoms with Gasteiger partial charge in [-0.3, -0.25) is 9.78 Å². The maximum Gasteiger partial charge on any atom is 0.257 e. The molecule has 2 heterocycles. The van der Waals surface area contributed by atoms with Gasteiger partial charge in [-0.2, -0.15) is 0 Å². The number of carbonyl (C=O) groups is 1. The predicted molar refractivity (Wildman–Crippen MR) is 102 cm³/mol. The summed E-state index contributed by atoms with van der Waals surface area (Å²) in [6, 6.07) is 13.7. The minimum absolute atomic E-state index is 0.303. The maximum atomic E-state index is 12.5. The SMILES string of the molecule is O=C(Nc1cccc(-c2nc3cnccc3o2)c1)c1cc(Cl)ccc1Cl. The Bertz CT molecular complexity index is 1090. The Hall–Kier alpha value is -2.89. The molecule has 0 unspecified atom stereocenters. The first kappa shape index (κ1) is 16.6. The summed E-state index contributed by atoms with van der Waals surface area (Å²) in [6.07, 6.45) is 3.28. The minimum Gasteiger partial charge on any atom is -0.436 e. The number of nitrogens with one attached hydrogen (secondary N) is 1. The highest BCUT2D eigenvalue weighted by molar-refractivity contribution is 6.36. The Balaban J connectivity index is 1.63. The Morgan fingerprint density at radius 2 is 1.96 bits per heavy atom. The first-order valence-corrected chi connectivity index (χ1v) is 8.43. The lowest BCUT2D eigenvalue weighted by Crippen LogP contribution is -2.12. The van der Waals surface area contributed by atoms with Crippen LogP contribution in [0.25, 0.3) is 22.6 Å². The molecule has 0 spiro atoms. The zero-order valence-corrected chi connectivity index (χ0v) is 14.8. The number of benzene rings is 2. The van der Waals surface area contributed by atoms with Gasteiger partial charge in [0.25, 0.3) is 5.91 Å². The molecule has 5 nitrogen and oxygen atoms in total. The van der Waals surface area contributed by atoms with Crippen LogP contribution in [0.2, 0.25) is 10.0 Å². The smallest absolute Gasteiger partial charge is 0.257 e. The van der Waals surface area contributed by atoms with E-state index in [4.69, 9.17) is 27.6 Å². The number of fused-ring (bicyclic) bond motifs is 1. The van der Waals surface area contributed by atoms with Crippen molar-refractivity contribution in [2.45, 2.75) is 0 Å². The summed E-state index contributed by atoms with van der Waals surface area (Å²) in [5.74, 6) is 0.0984. The van der Waals surface area contributed by atoms with Gasteiger partial charge in [-0.15, -0.1) is 0 Å². The van der Waals surface area contributed by atoms with Crippen LogP contribution in [0.3, 0.4) is 0 Å². The number of oxazole rings is 1. The van der Waals surface area contributed by atoms with Gasteiger partial charge in [-0.25, -0.2) is 4.98 Å². The first-order valence-electron chi connectivity index (χ1n) is 7.67. The molecule has 0 saturated heterocycles. The molecule has 0 bridgehead atoms. The summed E-state index contributed by atoms with van der Waals surface area (Å²) in [7, 11) is 0. The van der Waals surface area contributed by atoms with Crippen molar-refractivity contribution in [2.24, 2.45) is 0 Å². The highest BCUT2D eigenvalue weighted by Crippen LogP contribution is 2.27. The Labute approximate surface area is 158 Å². The number of halogens is 2. The van der Waals surface area contributed by atoms with Crippen LogP contribution in [0.5, 0.6) is 0 Å². The van der Waals surface area contributed by atoms with Crippen LogP contribution in [0.1, 0.15) is 10.4 Å². The number of hydrogen-bond acceptors (Lipinski definition) is 4. The molecule has 2 aromatic carbocycles. The van der Waals surface area contributed by atoms with Crippen molar-refractivity contribution in [1.82, 2.24) is 9.97 Å². The average Bonchev–Trinajstić information content (AvgIpc) is 3.08. The summed E-state index contributed by atoms with van der Waals surface area (Å²) in [5.41, 5.74) is 2.94. The lowest BCUT2D eigenvalue weighted by atomic mass is 10.1. The van der Waals surface area contributed by atoms with Crippen molar-refractivity contribution in [3.63, 3.8) is 0 Å². The molecule has 0 fully saturated rings. The van der Waals surface area contributed by atoms with Crippen molar-refractivity contribution in [3.8, 4) is 11.5 Å². The molecular weight excluding hydrogens is 373 g/mol.